The Kier molecular flexibility index (Phi) is 2.68. The molecule has 0 unspecified atom stereocenters. The molecule has 1 heterocycles. The number of aryl methyl sites for hydroxylation is 1. The monoisotopic (exact) mass is 279 g/mol. The van der Waals surface area contributed by atoms with Gasteiger partial charge in [-0.1, -0.05) is 15.9 Å². The van der Waals surface area contributed by atoms with Crippen LogP contribution in [0, 0.1) is 6.92 Å². The second kappa shape index (κ2) is 3.87. The average molecular weight is 280 g/mol. The maximum absolute atomic E-state index is 11.7. The zero-order valence-electron chi connectivity index (χ0n) is 8.93. The van der Waals surface area contributed by atoms with Gasteiger partial charge in [0.15, 0.2) is 5.78 Å². The summed E-state index contributed by atoms with van der Waals surface area (Å²) < 4.78 is 0.921. The number of ketones is 1. The molecule has 0 saturated heterocycles. The number of nitrogens with one attached hydrogen (secondary N) is 1. The van der Waals surface area contributed by atoms with Gasteiger partial charge in [-0.25, -0.2) is 0 Å². The number of fused-ring (bicyclic) bond motifs is 1. The van der Waals surface area contributed by atoms with Crippen LogP contribution in [0.15, 0.2) is 27.5 Å². The highest BCUT2D eigenvalue weighted by Crippen LogP contribution is 2.21. The van der Waals surface area contributed by atoms with E-state index >= 15 is 0 Å². The van der Waals surface area contributed by atoms with Crippen LogP contribution >= 0.6 is 15.9 Å². The molecule has 0 aliphatic heterocycles. The van der Waals surface area contributed by atoms with Gasteiger partial charge in [-0.05, 0) is 37.6 Å². The van der Waals surface area contributed by atoms with Gasteiger partial charge in [0.25, 0.3) is 5.56 Å². The molecule has 0 radical (unpaired) electrons. The summed E-state index contributed by atoms with van der Waals surface area (Å²) in [4.78, 5) is 25.8. The second-order valence-electron chi connectivity index (χ2n) is 3.70. The lowest BCUT2D eigenvalue weighted by Crippen LogP contribution is -2.18. The van der Waals surface area contributed by atoms with Crippen LogP contribution in [0.3, 0.4) is 0 Å². The van der Waals surface area contributed by atoms with E-state index in [-0.39, 0.29) is 16.9 Å². The lowest BCUT2D eigenvalue weighted by Gasteiger charge is -2.06. The van der Waals surface area contributed by atoms with Gasteiger partial charge in [-0.3, -0.25) is 9.59 Å². The SMILES string of the molecule is CC(=O)c1c(C)c2cc(Br)ccc2[nH]c1=O. The molecular weight excluding hydrogens is 270 g/mol. The quantitative estimate of drug-likeness (QED) is 0.816. The van der Waals surface area contributed by atoms with Crippen LogP contribution in [0.2, 0.25) is 0 Å². The number of aromatic nitrogens is 1. The Morgan fingerprint density at radius 2 is 2.06 bits per heavy atom. The van der Waals surface area contributed by atoms with Gasteiger partial charge in [-0.2, -0.15) is 0 Å². The van der Waals surface area contributed by atoms with Gasteiger partial charge >= 0.3 is 0 Å². The van der Waals surface area contributed by atoms with Crippen molar-refractivity contribution in [2.45, 2.75) is 13.8 Å². The molecule has 82 valence electrons. The third-order valence-electron chi connectivity index (χ3n) is 2.59. The Morgan fingerprint density at radius 1 is 1.38 bits per heavy atom. The Balaban J connectivity index is 2.96. The summed E-state index contributed by atoms with van der Waals surface area (Å²) >= 11 is 3.37. The van der Waals surface area contributed by atoms with Gasteiger partial charge in [0.05, 0.1) is 5.56 Å². The average Bonchev–Trinajstić information content (AvgIpc) is 2.19. The van der Waals surface area contributed by atoms with Gasteiger partial charge in [-0.15, -0.1) is 0 Å². The predicted octanol–water partition coefficient (Wildman–Crippen LogP) is 2.80. The molecule has 3 nitrogen and oxygen atoms in total. The number of hydrogen-bond donors (Lipinski definition) is 1. The number of carbonyl (C=O) groups excluding carboxylic acids is 1. The fourth-order valence-corrected chi connectivity index (χ4v) is 2.21. The number of aromatic amines is 1. The van der Waals surface area contributed by atoms with Gasteiger partial charge in [0.2, 0.25) is 0 Å². The van der Waals surface area contributed by atoms with Crippen LogP contribution in [0.1, 0.15) is 22.8 Å². The van der Waals surface area contributed by atoms with Crippen molar-refractivity contribution in [1.29, 1.82) is 0 Å². The summed E-state index contributed by atoms with van der Waals surface area (Å²) in [5.74, 6) is -0.208. The smallest absolute Gasteiger partial charge is 0.259 e. The molecule has 1 aromatic heterocycles. The minimum Gasteiger partial charge on any atom is -0.321 e. The zero-order valence-corrected chi connectivity index (χ0v) is 10.5. The van der Waals surface area contributed by atoms with E-state index in [0.717, 1.165) is 20.9 Å². The third-order valence-corrected chi connectivity index (χ3v) is 3.08. The van der Waals surface area contributed by atoms with E-state index in [0.29, 0.717) is 0 Å². The Hall–Kier alpha value is -1.42. The molecule has 0 saturated carbocycles. The van der Waals surface area contributed by atoms with E-state index in [9.17, 15) is 9.59 Å². The van der Waals surface area contributed by atoms with Crippen LogP contribution in [-0.4, -0.2) is 10.8 Å². The third kappa shape index (κ3) is 1.69. The molecule has 0 spiro atoms. The summed E-state index contributed by atoms with van der Waals surface area (Å²) in [6, 6.07) is 5.57. The molecule has 0 amide bonds. The van der Waals surface area contributed by atoms with E-state index < -0.39 is 0 Å². The van der Waals surface area contributed by atoms with Crippen molar-refractivity contribution in [1.82, 2.24) is 4.98 Å². The van der Waals surface area contributed by atoms with Crippen molar-refractivity contribution in [3.05, 3.63) is 44.2 Å². The van der Waals surface area contributed by atoms with Crippen molar-refractivity contribution >= 4 is 32.6 Å². The molecular formula is C12H10BrNO2. The summed E-state index contributed by atoms with van der Waals surface area (Å²) in [6.45, 7) is 3.20. The topological polar surface area (TPSA) is 49.9 Å². The molecule has 0 bridgehead atoms. The fraction of sp³-hybridized carbons (Fsp3) is 0.167. The van der Waals surface area contributed by atoms with Crippen LogP contribution < -0.4 is 5.56 Å². The first kappa shape index (κ1) is 11.1. The van der Waals surface area contributed by atoms with Crippen molar-refractivity contribution in [3.63, 3.8) is 0 Å². The maximum Gasteiger partial charge on any atom is 0.259 e. The summed E-state index contributed by atoms with van der Waals surface area (Å²) in [6.07, 6.45) is 0. The molecule has 0 fully saturated rings. The molecule has 0 aliphatic carbocycles. The number of hydrogen-bond acceptors (Lipinski definition) is 2. The molecule has 2 rings (SSSR count). The minimum absolute atomic E-state index is 0.208. The van der Waals surface area contributed by atoms with Crippen LogP contribution in [0.25, 0.3) is 10.9 Å². The Bertz CT molecular complexity index is 643. The van der Waals surface area contributed by atoms with E-state index in [4.69, 9.17) is 0 Å². The molecule has 1 aromatic carbocycles. The maximum atomic E-state index is 11.7. The van der Waals surface area contributed by atoms with Crippen molar-refractivity contribution in [2.24, 2.45) is 0 Å². The van der Waals surface area contributed by atoms with E-state index in [1.54, 1.807) is 6.92 Å². The summed E-state index contributed by atoms with van der Waals surface area (Å²) in [5.41, 5.74) is 1.40. The van der Waals surface area contributed by atoms with Gasteiger partial charge < -0.3 is 4.98 Å². The number of pyridine rings is 1. The van der Waals surface area contributed by atoms with Crippen molar-refractivity contribution in [2.75, 3.05) is 0 Å². The highest BCUT2D eigenvalue weighted by molar-refractivity contribution is 9.10. The predicted molar refractivity (Wildman–Crippen MR) is 67.0 cm³/mol. The van der Waals surface area contributed by atoms with Gasteiger partial charge in [0, 0.05) is 15.4 Å². The van der Waals surface area contributed by atoms with Crippen LogP contribution in [-0.2, 0) is 0 Å². The van der Waals surface area contributed by atoms with Gasteiger partial charge in [0.1, 0.15) is 0 Å². The lowest BCUT2D eigenvalue weighted by atomic mass is 10.0. The number of halogens is 1. The van der Waals surface area contributed by atoms with Crippen molar-refractivity contribution < 1.29 is 4.79 Å². The molecule has 16 heavy (non-hydrogen) atoms. The molecule has 4 heteroatoms. The van der Waals surface area contributed by atoms with Crippen molar-refractivity contribution in [3.8, 4) is 0 Å². The number of rotatable bonds is 1. The van der Waals surface area contributed by atoms with E-state index in [1.165, 1.54) is 6.92 Å². The number of carbonyl (C=O) groups is 1. The normalized spacial score (nSPS) is 10.7. The number of H-pyrrole nitrogens is 1. The molecule has 0 aliphatic rings. The highest BCUT2D eigenvalue weighted by Gasteiger charge is 2.12. The fourth-order valence-electron chi connectivity index (χ4n) is 1.85. The Labute approximate surface area is 101 Å². The zero-order chi connectivity index (χ0) is 11.9. The first-order valence-corrected chi connectivity index (χ1v) is 5.63. The van der Waals surface area contributed by atoms with Crippen LogP contribution in [0.5, 0.6) is 0 Å². The number of benzene rings is 1. The lowest BCUT2D eigenvalue weighted by molar-refractivity contribution is 0.101. The first-order chi connectivity index (χ1) is 7.50. The molecule has 2 aromatic rings. The summed E-state index contributed by atoms with van der Waals surface area (Å²) in [7, 11) is 0. The standard InChI is InChI=1S/C12H10BrNO2/c1-6-9-5-8(13)3-4-10(9)14-12(16)11(6)7(2)15/h3-5H,1-2H3,(H,14,16). The highest BCUT2D eigenvalue weighted by atomic mass is 79.9. The molecule has 0 atom stereocenters. The Morgan fingerprint density at radius 3 is 2.69 bits per heavy atom. The first-order valence-electron chi connectivity index (χ1n) is 4.84. The molecule has 1 N–H and O–H groups in total. The van der Waals surface area contributed by atoms with E-state index in [2.05, 4.69) is 20.9 Å². The van der Waals surface area contributed by atoms with Crippen LogP contribution in [0.4, 0.5) is 0 Å². The van der Waals surface area contributed by atoms with E-state index in [1.807, 2.05) is 18.2 Å². The number of Topliss-reactive ketones (excluding diaryl/α,β-unsaturated/α-hetero) is 1. The largest absolute Gasteiger partial charge is 0.321 e. The summed E-state index contributed by atoms with van der Waals surface area (Å²) in [5, 5.41) is 0.888. The minimum atomic E-state index is -0.320. The second-order valence-corrected chi connectivity index (χ2v) is 4.62.